The number of aromatic nitrogens is 2. The fraction of sp³-hybridized carbons (Fsp3) is 0.318. The van der Waals surface area contributed by atoms with Crippen molar-refractivity contribution in [1.29, 1.82) is 0 Å². The number of anilines is 1. The van der Waals surface area contributed by atoms with Crippen molar-refractivity contribution >= 4 is 28.5 Å². The summed E-state index contributed by atoms with van der Waals surface area (Å²) in [6.07, 6.45) is 2.79. The Morgan fingerprint density at radius 1 is 1.14 bits per heavy atom. The molecule has 1 atom stereocenters. The fourth-order valence-corrected chi connectivity index (χ4v) is 3.94. The van der Waals surface area contributed by atoms with Gasteiger partial charge in [0.05, 0.1) is 17.4 Å². The summed E-state index contributed by atoms with van der Waals surface area (Å²) < 4.78 is 1.99. The molecular formula is C22H24N4O2. The average molecular weight is 376 g/mol. The maximum Gasteiger partial charge on any atom is 0.249 e. The van der Waals surface area contributed by atoms with Gasteiger partial charge in [-0.25, -0.2) is 4.98 Å². The van der Waals surface area contributed by atoms with E-state index in [9.17, 15) is 9.59 Å². The average Bonchev–Trinajstić information content (AvgIpc) is 3.32. The molecule has 0 radical (unpaired) electrons. The Morgan fingerprint density at radius 3 is 2.68 bits per heavy atom. The molecule has 0 saturated carbocycles. The van der Waals surface area contributed by atoms with Crippen LogP contribution in [0, 0.1) is 0 Å². The number of imidazole rings is 1. The summed E-state index contributed by atoms with van der Waals surface area (Å²) >= 11 is 0. The zero-order chi connectivity index (χ0) is 19.5. The van der Waals surface area contributed by atoms with E-state index in [1.165, 1.54) is 0 Å². The molecule has 28 heavy (non-hydrogen) atoms. The van der Waals surface area contributed by atoms with Crippen molar-refractivity contribution in [1.82, 2.24) is 14.5 Å². The third kappa shape index (κ3) is 3.38. The van der Waals surface area contributed by atoms with Gasteiger partial charge in [-0.1, -0.05) is 30.3 Å². The largest absolute Gasteiger partial charge is 0.331 e. The first-order chi connectivity index (χ1) is 13.7. The second-order valence-corrected chi connectivity index (χ2v) is 6.99. The van der Waals surface area contributed by atoms with Crippen molar-refractivity contribution in [2.45, 2.75) is 32.4 Å². The number of amides is 2. The molecule has 0 spiro atoms. The van der Waals surface area contributed by atoms with E-state index in [2.05, 4.69) is 4.98 Å². The minimum atomic E-state index is -0.378. The third-order valence-corrected chi connectivity index (χ3v) is 5.38. The van der Waals surface area contributed by atoms with Crippen molar-refractivity contribution in [3.8, 4) is 0 Å². The van der Waals surface area contributed by atoms with Crippen molar-refractivity contribution in [2.75, 3.05) is 18.0 Å². The van der Waals surface area contributed by atoms with Gasteiger partial charge in [-0.15, -0.1) is 0 Å². The molecule has 144 valence electrons. The van der Waals surface area contributed by atoms with Gasteiger partial charge in [-0.2, -0.15) is 0 Å². The van der Waals surface area contributed by atoms with E-state index in [-0.39, 0.29) is 17.9 Å². The lowest BCUT2D eigenvalue weighted by Gasteiger charge is -2.27. The van der Waals surface area contributed by atoms with Gasteiger partial charge < -0.3 is 14.4 Å². The first kappa shape index (κ1) is 18.2. The summed E-state index contributed by atoms with van der Waals surface area (Å²) in [5, 5.41) is 0. The minimum absolute atomic E-state index is 0.00791. The molecule has 2 aromatic carbocycles. The molecule has 1 aliphatic rings. The van der Waals surface area contributed by atoms with E-state index in [0.717, 1.165) is 16.7 Å². The van der Waals surface area contributed by atoms with Crippen LogP contribution in [0.5, 0.6) is 0 Å². The van der Waals surface area contributed by atoms with Gasteiger partial charge in [0, 0.05) is 31.7 Å². The van der Waals surface area contributed by atoms with E-state index >= 15 is 0 Å². The van der Waals surface area contributed by atoms with Gasteiger partial charge in [0.1, 0.15) is 6.04 Å². The standard InChI is InChI=1S/C22H24N4O2/c1-2-25(20-12-15-26(22(20)28)17-8-4-3-5-9-17)21(27)13-14-24-16-23-18-10-6-7-11-19(18)24/h3-11,16,20H,2,12-15H2,1H3. The maximum atomic E-state index is 12.9. The minimum Gasteiger partial charge on any atom is -0.331 e. The molecule has 1 unspecified atom stereocenters. The van der Waals surface area contributed by atoms with Crippen molar-refractivity contribution in [3.63, 3.8) is 0 Å². The lowest BCUT2D eigenvalue weighted by atomic mass is 10.2. The van der Waals surface area contributed by atoms with Gasteiger partial charge >= 0.3 is 0 Å². The van der Waals surface area contributed by atoms with Gasteiger partial charge in [-0.3, -0.25) is 9.59 Å². The Kier molecular flexibility index (Phi) is 5.10. The number of aryl methyl sites for hydroxylation is 1. The highest BCUT2D eigenvalue weighted by atomic mass is 16.2. The Labute approximate surface area is 164 Å². The Morgan fingerprint density at radius 2 is 1.89 bits per heavy atom. The Balaban J connectivity index is 1.43. The van der Waals surface area contributed by atoms with Crippen LogP contribution in [-0.4, -0.2) is 45.4 Å². The highest BCUT2D eigenvalue weighted by Gasteiger charge is 2.37. The number of hydrogen-bond donors (Lipinski definition) is 0. The van der Waals surface area contributed by atoms with Crippen molar-refractivity contribution in [2.24, 2.45) is 0 Å². The highest BCUT2D eigenvalue weighted by molar-refractivity contribution is 6.01. The number of para-hydroxylation sites is 3. The maximum absolute atomic E-state index is 12.9. The van der Waals surface area contributed by atoms with Gasteiger partial charge in [0.25, 0.3) is 0 Å². The first-order valence-electron chi connectivity index (χ1n) is 9.75. The summed E-state index contributed by atoms with van der Waals surface area (Å²) in [7, 11) is 0. The topological polar surface area (TPSA) is 58.4 Å². The quantitative estimate of drug-likeness (QED) is 0.664. The molecular weight excluding hydrogens is 352 g/mol. The molecule has 1 saturated heterocycles. The van der Waals surface area contributed by atoms with E-state index in [1.54, 1.807) is 16.1 Å². The molecule has 6 nitrogen and oxygen atoms in total. The molecule has 0 aliphatic carbocycles. The normalized spacial score (nSPS) is 16.7. The second kappa shape index (κ2) is 7.84. The summed E-state index contributed by atoms with van der Waals surface area (Å²) in [6.45, 7) is 3.66. The van der Waals surface area contributed by atoms with Crippen LogP contribution in [0.3, 0.4) is 0 Å². The van der Waals surface area contributed by atoms with Crippen LogP contribution in [0.1, 0.15) is 19.8 Å². The number of carbonyl (C=O) groups excluding carboxylic acids is 2. The summed E-state index contributed by atoms with van der Waals surface area (Å²) in [4.78, 5) is 33.7. The smallest absolute Gasteiger partial charge is 0.249 e. The van der Waals surface area contributed by atoms with Crippen LogP contribution in [0.2, 0.25) is 0 Å². The fourth-order valence-electron chi connectivity index (χ4n) is 3.94. The van der Waals surface area contributed by atoms with Gasteiger partial charge in [0.15, 0.2) is 0 Å². The van der Waals surface area contributed by atoms with Crippen LogP contribution in [-0.2, 0) is 16.1 Å². The summed E-state index contributed by atoms with van der Waals surface area (Å²) in [5.41, 5.74) is 2.83. The van der Waals surface area contributed by atoms with Crippen LogP contribution < -0.4 is 4.90 Å². The number of likely N-dealkylation sites (N-methyl/N-ethyl adjacent to an activating group) is 1. The molecule has 1 aromatic heterocycles. The molecule has 0 N–H and O–H groups in total. The predicted molar refractivity (Wildman–Crippen MR) is 109 cm³/mol. The molecule has 4 rings (SSSR count). The second-order valence-electron chi connectivity index (χ2n) is 6.99. The zero-order valence-corrected chi connectivity index (χ0v) is 16.0. The van der Waals surface area contributed by atoms with Gasteiger partial charge in [0.2, 0.25) is 11.8 Å². The number of hydrogen-bond acceptors (Lipinski definition) is 3. The van der Waals surface area contributed by atoms with Crippen LogP contribution in [0.4, 0.5) is 5.69 Å². The van der Waals surface area contributed by atoms with Crippen LogP contribution >= 0.6 is 0 Å². The number of carbonyl (C=O) groups is 2. The van der Waals surface area contributed by atoms with Crippen molar-refractivity contribution in [3.05, 3.63) is 60.9 Å². The zero-order valence-electron chi connectivity index (χ0n) is 16.0. The molecule has 0 bridgehead atoms. The van der Waals surface area contributed by atoms with E-state index in [1.807, 2.05) is 66.1 Å². The molecule has 2 amide bonds. The number of rotatable bonds is 6. The SMILES string of the molecule is CCN(C(=O)CCn1cnc2ccccc21)C1CCN(c2ccccc2)C1=O. The van der Waals surface area contributed by atoms with Crippen molar-refractivity contribution < 1.29 is 9.59 Å². The number of benzene rings is 2. The van der Waals surface area contributed by atoms with E-state index < -0.39 is 0 Å². The van der Waals surface area contributed by atoms with E-state index in [0.29, 0.717) is 32.5 Å². The van der Waals surface area contributed by atoms with Crippen LogP contribution in [0.15, 0.2) is 60.9 Å². The first-order valence-corrected chi connectivity index (χ1v) is 9.75. The Bertz CT molecular complexity index is 982. The molecule has 1 fully saturated rings. The Hall–Kier alpha value is -3.15. The number of fused-ring (bicyclic) bond motifs is 1. The highest BCUT2D eigenvalue weighted by Crippen LogP contribution is 2.24. The van der Waals surface area contributed by atoms with Gasteiger partial charge in [-0.05, 0) is 37.6 Å². The molecule has 3 aromatic rings. The predicted octanol–water partition coefficient (Wildman–Crippen LogP) is 3.08. The monoisotopic (exact) mass is 376 g/mol. The third-order valence-electron chi connectivity index (χ3n) is 5.38. The summed E-state index contributed by atoms with van der Waals surface area (Å²) in [5.74, 6) is 0.0167. The number of nitrogens with zero attached hydrogens (tertiary/aromatic N) is 4. The van der Waals surface area contributed by atoms with E-state index in [4.69, 9.17) is 0 Å². The van der Waals surface area contributed by atoms with Crippen LogP contribution in [0.25, 0.3) is 11.0 Å². The molecule has 1 aliphatic heterocycles. The lowest BCUT2D eigenvalue weighted by Crippen LogP contribution is -2.45. The molecule has 2 heterocycles. The lowest BCUT2D eigenvalue weighted by molar-refractivity contribution is -0.138. The summed E-state index contributed by atoms with van der Waals surface area (Å²) in [6, 6.07) is 17.2. The molecule has 6 heteroatoms.